The van der Waals surface area contributed by atoms with Crippen LogP contribution in [0.1, 0.15) is 24.0 Å². The smallest absolute Gasteiger partial charge is 0.338 e. The Morgan fingerprint density at radius 2 is 1.61 bits per heavy atom. The number of carbonyl (C=O) groups excluding carboxylic acids is 2. The molecule has 1 heterocycles. The van der Waals surface area contributed by atoms with Crippen molar-refractivity contribution < 1.29 is 43.9 Å². The van der Waals surface area contributed by atoms with Gasteiger partial charge < -0.3 is 34.3 Å². The topological polar surface area (TPSA) is 132 Å². The lowest BCUT2D eigenvalue weighted by molar-refractivity contribution is -0.288. The molecular formula is C27H28O9. The van der Waals surface area contributed by atoms with E-state index in [4.69, 9.17) is 18.9 Å². The zero-order chi connectivity index (χ0) is 25.8. The largest absolute Gasteiger partial charge is 0.497 e. The van der Waals surface area contributed by atoms with E-state index >= 15 is 0 Å². The third-order valence-electron chi connectivity index (χ3n) is 6.18. The number of fused-ring (bicyclic) bond motifs is 1. The Bertz CT molecular complexity index is 1210. The van der Waals surface area contributed by atoms with Crippen LogP contribution in [0.2, 0.25) is 0 Å². The van der Waals surface area contributed by atoms with Gasteiger partial charge in [0.1, 0.15) is 30.7 Å². The Morgan fingerprint density at radius 3 is 2.33 bits per heavy atom. The molecule has 4 rings (SSSR count). The molecule has 0 amide bonds. The van der Waals surface area contributed by atoms with Crippen LogP contribution in [0, 0.1) is 0 Å². The van der Waals surface area contributed by atoms with Crippen LogP contribution in [0.15, 0.2) is 66.7 Å². The van der Waals surface area contributed by atoms with Gasteiger partial charge in [0.25, 0.3) is 0 Å². The lowest BCUT2D eigenvalue weighted by atomic mass is 9.97. The van der Waals surface area contributed by atoms with Crippen LogP contribution in [0.5, 0.6) is 5.75 Å². The van der Waals surface area contributed by atoms with E-state index in [0.29, 0.717) is 16.9 Å². The molecule has 190 valence electrons. The van der Waals surface area contributed by atoms with Gasteiger partial charge in [0, 0.05) is 0 Å². The van der Waals surface area contributed by atoms with Crippen LogP contribution in [0.3, 0.4) is 0 Å². The van der Waals surface area contributed by atoms with E-state index in [1.54, 1.807) is 44.4 Å². The molecule has 1 aliphatic heterocycles. The molecule has 9 nitrogen and oxygen atoms in total. The first kappa shape index (κ1) is 25.6. The van der Waals surface area contributed by atoms with Crippen molar-refractivity contribution >= 4 is 22.7 Å². The molecule has 2 unspecified atom stereocenters. The third kappa shape index (κ3) is 5.50. The molecular weight excluding hydrogens is 468 g/mol. The summed E-state index contributed by atoms with van der Waals surface area (Å²) in [5, 5.41) is 32.7. The van der Waals surface area contributed by atoms with Crippen LogP contribution in [-0.2, 0) is 30.4 Å². The van der Waals surface area contributed by atoms with Crippen molar-refractivity contribution in [2.75, 3.05) is 7.11 Å². The van der Waals surface area contributed by atoms with Gasteiger partial charge in [-0.25, -0.2) is 4.79 Å². The number of ether oxygens (including phenoxy) is 4. The minimum Gasteiger partial charge on any atom is -0.497 e. The molecule has 1 fully saturated rings. The van der Waals surface area contributed by atoms with Gasteiger partial charge in [0.05, 0.1) is 13.0 Å². The van der Waals surface area contributed by atoms with E-state index in [-0.39, 0.29) is 6.61 Å². The maximum atomic E-state index is 12.9. The predicted octanol–water partition coefficient (Wildman–Crippen LogP) is 2.05. The van der Waals surface area contributed by atoms with E-state index in [0.717, 1.165) is 10.8 Å². The number of rotatable bonds is 7. The first-order valence-corrected chi connectivity index (χ1v) is 11.5. The van der Waals surface area contributed by atoms with Crippen LogP contribution < -0.4 is 4.74 Å². The number of methoxy groups -OCH3 is 1. The molecule has 0 aromatic heterocycles. The Morgan fingerprint density at radius 1 is 0.917 bits per heavy atom. The first-order chi connectivity index (χ1) is 17.3. The molecule has 3 aromatic carbocycles. The van der Waals surface area contributed by atoms with E-state index in [1.165, 1.54) is 0 Å². The van der Waals surface area contributed by atoms with Gasteiger partial charge in [-0.05, 0) is 41.0 Å². The maximum Gasteiger partial charge on any atom is 0.338 e. The molecule has 36 heavy (non-hydrogen) atoms. The van der Waals surface area contributed by atoms with Gasteiger partial charge in [-0.1, -0.05) is 54.6 Å². The number of esters is 2. The van der Waals surface area contributed by atoms with Crippen molar-refractivity contribution in [2.24, 2.45) is 0 Å². The quantitative estimate of drug-likeness (QED) is 0.421. The summed E-state index contributed by atoms with van der Waals surface area (Å²) < 4.78 is 21.1. The molecule has 0 aliphatic carbocycles. The first-order valence-electron chi connectivity index (χ1n) is 11.5. The molecule has 0 saturated carbocycles. The highest BCUT2D eigenvalue weighted by molar-refractivity contribution is 5.87. The average Bonchev–Trinajstić information content (AvgIpc) is 2.91. The number of hydrogen-bond donors (Lipinski definition) is 3. The van der Waals surface area contributed by atoms with Crippen molar-refractivity contribution in [1.29, 1.82) is 0 Å². The summed E-state index contributed by atoms with van der Waals surface area (Å²) in [6.07, 6.45) is -8.67. The molecule has 0 bridgehead atoms. The van der Waals surface area contributed by atoms with E-state index in [1.807, 2.05) is 36.4 Å². The summed E-state index contributed by atoms with van der Waals surface area (Å²) in [4.78, 5) is 25.4. The molecule has 3 N–H and O–H groups in total. The fourth-order valence-corrected chi connectivity index (χ4v) is 3.94. The van der Waals surface area contributed by atoms with Crippen molar-refractivity contribution in [3.05, 3.63) is 77.9 Å². The highest BCUT2D eigenvalue weighted by Gasteiger charge is 2.49. The monoisotopic (exact) mass is 496 g/mol. The zero-order valence-electron chi connectivity index (χ0n) is 19.8. The number of benzene rings is 3. The second-order valence-electron chi connectivity index (χ2n) is 8.62. The van der Waals surface area contributed by atoms with Gasteiger partial charge in [-0.3, -0.25) is 4.79 Å². The lowest BCUT2D eigenvalue weighted by Crippen LogP contribution is -2.61. The molecule has 9 heteroatoms. The summed E-state index contributed by atoms with van der Waals surface area (Å²) in [5.41, 5.74) is 1.37. The summed E-state index contributed by atoms with van der Waals surface area (Å²) in [6.45, 7) is 1.54. The second kappa shape index (κ2) is 11.0. The Kier molecular flexibility index (Phi) is 7.85. The minimum atomic E-state index is -1.79. The molecule has 6 atom stereocenters. The summed E-state index contributed by atoms with van der Waals surface area (Å²) in [5.74, 6) is -1.74. The Hall–Kier alpha value is -3.50. The van der Waals surface area contributed by atoms with Gasteiger partial charge in [0.2, 0.25) is 6.29 Å². The predicted molar refractivity (Wildman–Crippen MR) is 128 cm³/mol. The molecule has 1 aliphatic rings. The number of aliphatic hydroxyl groups is 3. The van der Waals surface area contributed by atoms with Gasteiger partial charge in [-0.2, -0.15) is 0 Å². The summed E-state index contributed by atoms with van der Waals surface area (Å²) in [7, 11) is 1.58. The minimum absolute atomic E-state index is 0.0831. The number of carbonyl (C=O) groups is 2. The third-order valence-corrected chi connectivity index (χ3v) is 6.18. The van der Waals surface area contributed by atoms with E-state index in [2.05, 4.69) is 0 Å². The van der Waals surface area contributed by atoms with Crippen LogP contribution in [0.4, 0.5) is 0 Å². The summed E-state index contributed by atoms with van der Waals surface area (Å²) in [6, 6.07) is 19.9. The Balaban J connectivity index is 1.43. The van der Waals surface area contributed by atoms with Crippen LogP contribution >= 0.6 is 0 Å². The normalized spacial score (nSPS) is 24.6. The van der Waals surface area contributed by atoms with E-state index in [9.17, 15) is 24.9 Å². The average molecular weight is 497 g/mol. The highest BCUT2D eigenvalue weighted by Crippen LogP contribution is 2.28. The number of hydrogen-bond acceptors (Lipinski definition) is 9. The highest BCUT2D eigenvalue weighted by atomic mass is 16.7. The summed E-state index contributed by atoms with van der Waals surface area (Å²) >= 11 is 0. The molecule has 0 radical (unpaired) electrons. The maximum absolute atomic E-state index is 12.9. The Labute approximate surface area is 207 Å². The zero-order valence-corrected chi connectivity index (χ0v) is 19.8. The molecule has 1 saturated heterocycles. The fourth-order valence-electron chi connectivity index (χ4n) is 3.94. The van der Waals surface area contributed by atoms with Gasteiger partial charge in [-0.15, -0.1) is 0 Å². The molecule has 3 aromatic rings. The lowest BCUT2D eigenvalue weighted by Gasteiger charge is -2.38. The van der Waals surface area contributed by atoms with Crippen molar-refractivity contribution in [3.8, 4) is 5.75 Å². The SMILES string of the molecule is COc1ccc2cc([C@H](C)C(=O)O[C@@H]3OC(C(=O)OCc4ccccc4)[C@@H](O)[C@@H](O)C3O)ccc2c1. The van der Waals surface area contributed by atoms with Gasteiger partial charge >= 0.3 is 11.9 Å². The van der Waals surface area contributed by atoms with Gasteiger partial charge in [0.15, 0.2) is 6.10 Å². The fraction of sp³-hybridized carbons (Fsp3) is 0.333. The van der Waals surface area contributed by atoms with Crippen LogP contribution in [-0.4, -0.2) is 65.1 Å². The second-order valence-corrected chi connectivity index (χ2v) is 8.62. The van der Waals surface area contributed by atoms with Crippen molar-refractivity contribution in [2.45, 2.75) is 50.2 Å². The van der Waals surface area contributed by atoms with Crippen LogP contribution in [0.25, 0.3) is 10.8 Å². The standard InChI is InChI=1S/C27H28O9/c1-15(17-8-9-19-13-20(33-2)11-10-18(19)12-17)25(31)36-27-23(30)21(28)22(29)24(35-27)26(32)34-14-16-6-4-3-5-7-16/h3-13,15,21-24,27-30H,14H2,1-2H3/t15-,21+,22-,23?,24?,27-/m0/s1. The number of aliphatic hydroxyl groups excluding tert-OH is 3. The van der Waals surface area contributed by atoms with Crippen molar-refractivity contribution in [3.63, 3.8) is 0 Å². The van der Waals surface area contributed by atoms with Crippen molar-refractivity contribution in [1.82, 2.24) is 0 Å². The van der Waals surface area contributed by atoms with E-state index < -0.39 is 48.6 Å². The molecule has 0 spiro atoms.